The predicted octanol–water partition coefficient (Wildman–Crippen LogP) is 2.05. The van der Waals surface area contributed by atoms with Gasteiger partial charge >= 0.3 is 0 Å². The number of rotatable bonds is 2. The Morgan fingerprint density at radius 3 is 2.93 bits per heavy atom. The number of halogens is 2. The van der Waals surface area contributed by atoms with Crippen LogP contribution in [0.2, 0.25) is 5.02 Å². The Morgan fingerprint density at radius 2 is 2.33 bits per heavy atom. The molecule has 1 atom stereocenters. The molecule has 1 N–H and O–H groups in total. The zero-order valence-electron chi connectivity index (χ0n) is 8.29. The highest BCUT2D eigenvalue weighted by molar-refractivity contribution is 6.31. The molecule has 0 amide bonds. The first-order chi connectivity index (χ1) is 7.15. The van der Waals surface area contributed by atoms with Crippen molar-refractivity contribution >= 4 is 11.6 Å². The van der Waals surface area contributed by atoms with Crippen LogP contribution < -0.4 is 0 Å². The quantitative estimate of drug-likeness (QED) is 0.839. The first kappa shape index (κ1) is 10.9. The van der Waals surface area contributed by atoms with Crippen LogP contribution in [0.15, 0.2) is 18.2 Å². The number of nitrogens with zero attached hydrogens (tertiary/aromatic N) is 1. The lowest BCUT2D eigenvalue weighted by Crippen LogP contribution is -2.21. The predicted molar refractivity (Wildman–Crippen MR) is 57.3 cm³/mol. The zero-order valence-corrected chi connectivity index (χ0v) is 9.04. The molecule has 1 aromatic rings. The van der Waals surface area contributed by atoms with Crippen LogP contribution in [0.25, 0.3) is 0 Å². The van der Waals surface area contributed by atoms with Crippen LogP contribution in [0, 0.1) is 5.82 Å². The Hall–Kier alpha value is -0.640. The second-order valence-electron chi connectivity index (χ2n) is 3.91. The maximum Gasteiger partial charge on any atom is 0.124 e. The molecule has 1 aliphatic rings. The van der Waals surface area contributed by atoms with Crippen molar-refractivity contribution in [1.82, 2.24) is 4.90 Å². The van der Waals surface area contributed by atoms with E-state index in [4.69, 9.17) is 11.6 Å². The average Bonchev–Trinajstić information content (AvgIpc) is 2.56. The summed E-state index contributed by atoms with van der Waals surface area (Å²) in [4.78, 5) is 2.11. The molecule has 1 aromatic carbocycles. The number of aliphatic hydroxyl groups excluding tert-OH is 1. The third kappa shape index (κ3) is 2.68. The van der Waals surface area contributed by atoms with Crippen molar-refractivity contribution in [3.8, 4) is 0 Å². The summed E-state index contributed by atoms with van der Waals surface area (Å²) in [6, 6.07) is 4.43. The number of benzene rings is 1. The van der Waals surface area contributed by atoms with Crippen molar-refractivity contribution < 1.29 is 9.50 Å². The summed E-state index contributed by atoms with van der Waals surface area (Å²) in [5.41, 5.74) is 0.909. The van der Waals surface area contributed by atoms with Crippen molar-refractivity contribution in [2.75, 3.05) is 13.1 Å². The van der Waals surface area contributed by atoms with Gasteiger partial charge in [0.2, 0.25) is 0 Å². The fraction of sp³-hybridized carbons (Fsp3) is 0.455. The van der Waals surface area contributed by atoms with Crippen molar-refractivity contribution in [3.63, 3.8) is 0 Å². The maximum absolute atomic E-state index is 12.8. The largest absolute Gasteiger partial charge is 0.392 e. The molecule has 0 radical (unpaired) electrons. The first-order valence-electron chi connectivity index (χ1n) is 4.99. The van der Waals surface area contributed by atoms with E-state index in [2.05, 4.69) is 4.90 Å². The van der Waals surface area contributed by atoms with Gasteiger partial charge in [0.15, 0.2) is 0 Å². The minimum Gasteiger partial charge on any atom is -0.392 e. The van der Waals surface area contributed by atoms with E-state index in [0.29, 0.717) is 18.1 Å². The molecule has 0 aliphatic carbocycles. The Morgan fingerprint density at radius 1 is 1.53 bits per heavy atom. The van der Waals surface area contributed by atoms with E-state index in [1.54, 1.807) is 6.07 Å². The van der Waals surface area contributed by atoms with E-state index in [1.807, 2.05) is 0 Å². The van der Waals surface area contributed by atoms with Crippen molar-refractivity contribution in [3.05, 3.63) is 34.6 Å². The van der Waals surface area contributed by atoms with Crippen LogP contribution in [-0.2, 0) is 6.54 Å². The smallest absolute Gasteiger partial charge is 0.124 e. The van der Waals surface area contributed by atoms with Crippen molar-refractivity contribution in [2.24, 2.45) is 0 Å². The van der Waals surface area contributed by atoms with E-state index in [1.165, 1.54) is 12.1 Å². The van der Waals surface area contributed by atoms with Crippen molar-refractivity contribution in [2.45, 2.75) is 19.1 Å². The topological polar surface area (TPSA) is 23.5 Å². The number of aliphatic hydroxyl groups is 1. The Labute approximate surface area is 93.3 Å². The molecule has 0 saturated carbocycles. The third-order valence-corrected chi connectivity index (χ3v) is 3.01. The van der Waals surface area contributed by atoms with Gasteiger partial charge < -0.3 is 5.11 Å². The van der Waals surface area contributed by atoms with Crippen LogP contribution in [0.5, 0.6) is 0 Å². The molecule has 4 heteroatoms. The average molecular weight is 230 g/mol. The van der Waals surface area contributed by atoms with Gasteiger partial charge in [-0.1, -0.05) is 17.7 Å². The van der Waals surface area contributed by atoms with Crippen LogP contribution >= 0.6 is 11.6 Å². The molecular weight excluding hydrogens is 217 g/mol. The summed E-state index contributed by atoms with van der Waals surface area (Å²) >= 11 is 5.92. The molecule has 2 nitrogen and oxygen atoms in total. The van der Waals surface area contributed by atoms with Crippen LogP contribution in [0.4, 0.5) is 4.39 Å². The highest BCUT2D eigenvalue weighted by atomic mass is 35.5. The van der Waals surface area contributed by atoms with Gasteiger partial charge in [-0.3, -0.25) is 4.90 Å². The van der Waals surface area contributed by atoms with Crippen LogP contribution in [0.3, 0.4) is 0 Å². The van der Waals surface area contributed by atoms with E-state index >= 15 is 0 Å². The third-order valence-electron chi connectivity index (χ3n) is 2.66. The molecule has 0 unspecified atom stereocenters. The molecule has 1 saturated heterocycles. The SMILES string of the molecule is O[C@H]1CCN(Cc2ccc(F)cc2Cl)C1. The molecular formula is C11H13ClFNO. The Balaban J connectivity index is 2.04. The van der Waals surface area contributed by atoms with Gasteiger partial charge in [0.1, 0.15) is 5.82 Å². The lowest BCUT2D eigenvalue weighted by Gasteiger charge is -2.15. The summed E-state index contributed by atoms with van der Waals surface area (Å²) in [6.07, 6.45) is 0.572. The number of hydrogen-bond donors (Lipinski definition) is 1. The maximum atomic E-state index is 12.8. The van der Waals surface area contributed by atoms with Gasteiger partial charge in [-0.25, -0.2) is 4.39 Å². The summed E-state index contributed by atoms with van der Waals surface area (Å²) < 4.78 is 12.8. The monoisotopic (exact) mass is 229 g/mol. The number of likely N-dealkylation sites (tertiary alicyclic amines) is 1. The fourth-order valence-electron chi connectivity index (χ4n) is 1.85. The Kier molecular flexibility index (Phi) is 3.24. The molecule has 0 bridgehead atoms. The molecule has 1 fully saturated rings. The van der Waals surface area contributed by atoms with Gasteiger partial charge in [0, 0.05) is 24.7 Å². The lowest BCUT2D eigenvalue weighted by atomic mass is 10.2. The summed E-state index contributed by atoms with van der Waals surface area (Å²) in [6.45, 7) is 2.22. The second-order valence-corrected chi connectivity index (χ2v) is 4.32. The highest BCUT2D eigenvalue weighted by Crippen LogP contribution is 2.21. The minimum absolute atomic E-state index is 0.232. The van der Waals surface area contributed by atoms with E-state index < -0.39 is 0 Å². The minimum atomic E-state index is -0.315. The van der Waals surface area contributed by atoms with Gasteiger partial charge in [-0.15, -0.1) is 0 Å². The van der Waals surface area contributed by atoms with Crippen molar-refractivity contribution in [1.29, 1.82) is 0 Å². The molecule has 1 aliphatic heterocycles. The number of β-amino-alcohol motifs (C(OH)–C–C–N with tert-alkyl or cyclic N) is 1. The number of hydrogen-bond acceptors (Lipinski definition) is 2. The van der Waals surface area contributed by atoms with Gasteiger partial charge in [-0.05, 0) is 24.1 Å². The molecule has 82 valence electrons. The van der Waals surface area contributed by atoms with Crippen LogP contribution in [-0.4, -0.2) is 29.2 Å². The van der Waals surface area contributed by atoms with E-state index in [0.717, 1.165) is 18.5 Å². The van der Waals surface area contributed by atoms with Gasteiger partial charge in [0.05, 0.1) is 6.10 Å². The van der Waals surface area contributed by atoms with Gasteiger partial charge in [0.25, 0.3) is 0 Å². The summed E-state index contributed by atoms with van der Waals surface area (Å²) in [7, 11) is 0. The lowest BCUT2D eigenvalue weighted by molar-refractivity contribution is 0.175. The molecule has 0 spiro atoms. The summed E-state index contributed by atoms with van der Waals surface area (Å²) in [5.74, 6) is -0.315. The Bertz CT molecular complexity index is 358. The molecule has 15 heavy (non-hydrogen) atoms. The normalized spacial score (nSPS) is 22.2. The second kappa shape index (κ2) is 4.47. The fourth-order valence-corrected chi connectivity index (χ4v) is 2.07. The molecule has 2 rings (SSSR count). The summed E-state index contributed by atoms with van der Waals surface area (Å²) in [5, 5.41) is 9.81. The van der Waals surface area contributed by atoms with E-state index in [-0.39, 0.29) is 11.9 Å². The zero-order chi connectivity index (χ0) is 10.8. The van der Waals surface area contributed by atoms with E-state index in [9.17, 15) is 9.50 Å². The van der Waals surface area contributed by atoms with Crippen LogP contribution in [0.1, 0.15) is 12.0 Å². The standard InChI is InChI=1S/C11H13ClFNO/c12-11-5-9(13)2-1-8(11)6-14-4-3-10(15)7-14/h1-2,5,10,15H,3-4,6-7H2/t10-/m0/s1. The molecule has 0 aromatic heterocycles. The highest BCUT2D eigenvalue weighted by Gasteiger charge is 2.20. The first-order valence-corrected chi connectivity index (χ1v) is 5.37. The molecule has 1 heterocycles. The van der Waals surface area contributed by atoms with Gasteiger partial charge in [-0.2, -0.15) is 0 Å².